The highest BCUT2D eigenvalue weighted by Crippen LogP contribution is 2.35. The van der Waals surface area contributed by atoms with Crippen molar-refractivity contribution in [1.29, 1.82) is 0 Å². The van der Waals surface area contributed by atoms with Crippen LogP contribution in [0.15, 0.2) is 12.1 Å². The molecule has 0 aromatic heterocycles. The normalized spacial score (nSPS) is 13.4. The Balaban J connectivity index is 3.31. The Kier molecular flexibility index (Phi) is 4.58. The van der Waals surface area contributed by atoms with E-state index in [-0.39, 0.29) is 0 Å². The Morgan fingerprint density at radius 3 is 1.82 bits per heavy atom. The summed E-state index contributed by atoms with van der Waals surface area (Å²) in [4.78, 5) is 0. The van der Waals surface area contributed by atoms with Crippen LogP contribution in [0.2, 0.25) is 0 Å². The van der Waals surface area contributed by atoms with E-state index >= 15 is 0 Å². The number of phenolic OH excluding ortho intramolecular Hbond substituents is 1. The molecule has 96 valence electrons. The second-order valence-corrected chi connectivity index (χ2v) is 5.43. The molecule has 1 atom stereocenters. The van der Waals surface area contributed by atoms with Crippen LogP contribution in [0.25, 0.3) is 0 Å². The van der Waals surface area contributed by atoms with E-state index in [2.05, 4.69) is 33.8 Å². The van der Waals surface area contributed by atoms with Crippen LogP contribution in [-0.4, -0.2) is 16.3 Å². The first kappa shape index (κ1) is 14.0. The van der Waals surface area contributed by atoms with Gasteiger partial charge in [0.15, 0.2) is 0 Å². The fourth-order valence-electron chi connectivity index (χ4n) is 2.19. The molecule has 0 heterocycles. The fourth-order valence-corrected chi connectivity index (χ4v) is 2.19. The Labute approximate surface area is 104 Å². The van der Waals surface area contributed by atoms with Gasteiger partial charge in [0.05, 0.1) is 6.10 Å². The number of aliphatic hydroxyl groups excluding tert-OH is 1. The standard InChI is InChI=1S/C15H24O2/c1-9(2)12-6-7-13(10(3)4)15(17)14(12)8-11(5)16/h6-7,9-11,16-17H,8H2,1-5H3. The highest BCUT2D eigenvalue weighted by molar-refractivity contribution is 5.48. The van der Waals surface area contributed by atoms with Crippen LogP contribution in [0, 0.1) is 0 Å². The van der Waals surface area contributed by atoms with Crippen LogP contribution in [0.5, 0.6) is 5.75 Å². The summed E-state index contributed by atoms with van der Waals surface area (Å²) in [5, 5.41) is 19.9. The van der Waals surface area contributed by atoms with E-state index in [0.717, 1.165) is 16.7 Å². The fraction of sp³-hybridized carbons (Fsp3) is 0.600. The molecule has 0 amide bonds. The number of hydrogen-bond donors (Lipinski definition) is 2. The molecule has 0 saturated carbocycles. The maximum Gasteiger partial charge on any atom is 0.122 e. The van der Waals surface area contributed by atoms with Gasteiger partial charge in [0.2, 0.25) is 0 Å². The second kappa shape index (κ2) is 5.54. The molecule has 2 nitrogen and oxygen atoms in total. The van der Waals surface area contributed by atoms with E-state index < -0.39 is 6.10 Å². The summed E-state index contributed by atoms with van der Waals surface area (Å²) >= 11 is 0. The zero-order valence-electron chi connectivity index (χ0n) is 11.5. The van der Waals surface area contributed by atoms with Crippen LogP contribution in [0.1, 0.15) is 63.1 Å². The largest absolute Gasteiger partial charge is 0.507 e. The van der Waals surface area contributed by atoms with Crippen LogP contribution < -0.4 is 0 Å². The van der Waals surface area contributed by atoms with Crippen molar-refractivity contribution in [3.05, 3.63) is 28.8 Å². The van der Waals surface area contributed by atoms with Gasteiger partial charge in [-0.25, -0.2) is 0 Å². The zero-order valence-corrected chi connectivity index (χ0v) is 11.5. The van der Waals surface area contributed by atoms with E-state index in [1.54, 1.807) is 6.92 Å². The molecule has 0 saturated heterocycles. The number of aliphatic hydroxyl groups is 1. The van der Waals surface area contributed by atoms with Gasteiger partial charge in [-0.15, -0.1) is 0 Å². The monoisotopic (exact) mass is 236 g/mol. The molecule has 0 bridgehead atoms. The lowest BCUT2D eigenvalue weighted by Crippen LogP contribution is -2.09. The first-order chi connectivity index (χ1) is 7.84. The summed E-state index contributed by atoms with van der Waals surface area (Å²) in [5.74, 6) is 1.02. The predicted molar refractivity (Wildman–Crippen MR) is 71.7 cm³/mol. The highest BCUT2D eigenvalue weighted by atomic mass is 16.3. The molecule has 1 aromatic rings. The second-order valence-electron chi connectivity index (χ2n) is 5.43. The Morgan fingerprint density at radius 2 is 1.41 bits per heavy atom. The number of hydrogen-bond acceptors (Lipinski definition) is 2. The zero-order chi connectivity index (χ0) is 13.2. The van der Waals surface area contributed by atoms with Gasteiger partial charge in [-0.1, -0.05) is 39.8 Å². The van der Waals surface area contributed by atoms with E-state index in [4.69, 9.17) is 0 Å². The third-order valence-corrected chi connectivity index (χ3v) is 3.09. The quantitative estimate of drug-likeness (QED) is 0.839. The summed E-state index contributed by atoms with van der Waals surface area (Å²) in [6.45, 7) is 10.1. The molecule has 0 aliphatic heterocycles. The van der Waals surface area contributed by atoms with E-state index in [9.17, 15) is 10.2 Å². The smallest absolute Gasteiger partial charge is 0.122 e. The van der Waals surface area contributed by atoms with Crippen LogP contribution in [-0.2, 0) is 6.42 Å². The van der Waals surface area contributed by atoms with Crippen LogP contribution in [0.4, 0.5) is 0 Å². The molecular weight excluding hydrogens is 212 g/mol. The Bertz CT molecular complexity index is 379. The molecule has 0 fully saturated rings. The van der Waals surface area contributed by atoms with Crippen molar-refractivity contribution in [3.63, 3.8) is 0 Å². The third kappa shape index (κ3) is 3.22. The lowest BCUT2D eigenvalue weighted by molar-refractivity contribution is 0.193. The molecule has 1 unspecified atom stereocenters. The van der Waals surface area contributed by atoms with Crippen molar-refractivity contribution in [2.24, 2.45) is 0 Å². The minimum Gasteiger partial charge on any atom is -0.507 e. The van der Waals surface area contributed by atoms with Crippen molar-refractivity contribution in [3.8, 4) is 5.75 Å². The van der Waals surface area contributed by atoms with Crippen LogP contribution in [0.3, 0.4) is 0 Å². The van der Waals surface area contributed by atoms with Crippen molar-refractivity contribution in [1.82, 2.24) is 0 Å². The average molecular weight is 236 g/mol. The van der Waals surface area contributed by atoms with E-state index in [0.29, 0.717) is 24.0 Å². The third-order valence-electron chi connectivity index (χ3n) is 3.09. The van der Waals surface area contributed by atoms with Gasteiger partial charge in [0, 0.05) is 12.0 Å². The summed E-state index contributed by atoms with van der Waals surface area (Å²) in [5.41, 5.74) is 3.00. The minimum absolute atomic E-state index is 0.295. The summed E-state index contributed by atoms with van der Waals surface area (Å²) < 4.78 is 0. The van der Waals surface area contributed by atoms with Crippen molar-refractivity contribution in [2.75, 3.05) is 0 Å². The van der Waals surface area contributed by atoms with Crippen LogP contribution >= 0.6 is 0 Å². The molecule has 2 heteroatoms. The van der Waals surface area contributed by atoms with E-state index in [1.807, 2.05) is 6.07 Å². The SMILES string of the molecule is CC(O)Cc1c(C(C)C)ccc(C(C)C)c1O. The lowest BCUT2D eigenvalue weighted by Gasteiger charge is -2.19. The Hall–Kier alpha value is -1.02. The van der Waals surface area contributed by atoms with Gasteiger partial charge in [0.1, 0.15) is 5.75 Å². The van der Waals surface area contributed by atoms with Gasteiger partial charge in [0.25, 0.3) is 0 Å². The van der Waals surface area contributed by atoms with Crippen molar-refractivity contribution in [2.45, 2.75) is 59.0 Å². The van der Waals surface area contributed by atoms with Gasteiger partial charge in [-0.05, 0) is 29.9 Å². The van der Waals surface area contributed by atoms with Gasteiger partial charge in [-0.2, -0.15) is 0 Å². The summed E-state index contributed by atoms with van der Waals surface area (Å²) in [6.07, 6.45) is 0.0840. The molecule has 0 spiro atoms. The molecule has 2 N–H and O–H groups in total. The first-order valence-electron chi connectivity index (χ1n) is 6.37. The minimum atomic E-state index is -0.430. The summed E-state index contributed by atoms with van der Waals surface area (Å²) in [6, 6.07) is 4.08. The van der Waals surface area contributed by atoms with E-state index in [1.165, 1.54) is 0 Å². The summed E-state index contributed by atoms with van der Waals surface area (Å²) in [7, 11) is 0. The van der Waals surface area contributed by atoms with Crippen molar-refractivity contribution < 1.29 is 10.2 Å². The lowest BCUT2D eigenvalue weighted by atomic mass is 9.88. The number of rotatable bonds is 4. The maximum atomic E-state index is 10.3. The predicted octanol–water partition coefficient (Wildman–Crippen LogP) is 3.56. The Morgan fingerprint density at radius 1 is 0.941 bits per heavy atom. The van der Waals surface area contributed by atoms with Gasteiger partial charge >= 0.3 is 0 Å². The van der Waals surface area contributed by atoms with Gasteiger partial charge in [-0.3, -0.25) is 0 Å². The van der Waals surface area contributed by atoms with Crippen molar-refractivity contribution >= 4 is 0 Å². The van der Waals surface area contributed by atoms with Gasteiger partial charge < -0.3 is 10.2 Å². The number of aromatic hydroxyl groups is 1. The molecule has 17 heavy (non-hydrogen) atoms. The molecular formula is C15H24O2. The molecule has 0 aliphatic carbocycles. The highest BCUT2D eigenvalue weighted by Gasteiger charge is 2.17. The maximum absolute atomic E-state index is 10.3. The molecule has 1 rings (SSSR count). The average Bonchev–Trinajstić information content (AvgIpc) is 2.19. The topological polar surface area (TPSA) is 40.5 Å². The molecule has 0 aliphatic rings. The number of phenols is 1. The number of benzene rings is 1. The molecule has 1 aromatic carbocycles. The first-order valence-corrected chi connectivity index (χ1v) is 6.37. The molecule has 0 radical (unpaired) electrons.